The smallest absolute Gasteiger partial charge is 0.416 e. The molecule has 0 radical (unpaired) electrons. The number of nitriles is 1. The number of hydrogen-bond donors (Lipinski definition) is 0. The fraction of sp³-hybridized carbons (Fsp3) is 0.111. The molecule has 0 spiro atoms. The molecule has 0 N–H and O–H groups in total. The van der Waals surface area contributed by atoms with Gasteiger partial charge in [-0.05, 0) is 23.8 Å². The molecule has 0 aliphatic rings. The monoisotopic (exact) mass is 214 g/mol. The Kier molecular flexibility index (Phi) is 2.66. The zero-order valence-electron chi connectivity index (χ0n) is 7.13. The SMILES string of the molecule is N#Cc1cc(C(=O)[O-])cc(C(F)(F)F)c1. The summed E-state index contributed by atoms with van der Waals surface area (Å²) in [6.45, 7) is 0. The molecular formula is C9H3F3NO2-. The lowest BCUT2D eigenvalue weighted by atomic mass is 10.1. The van der Waals surface area contributed by atoms with E-state index in [1.54, 1.807) is 0 Å². The first kappa shape index (κ1) is 11.0. The molecule has 1 rings (SSSR count). The minimum absolute atomic E-state index is 0.371. The highest BCUT2D eigenvalue weighted by Gasteiger charge is 2.31. The van der Waals surface area contributed by atoms with E-state index < -0.39 is 23.3 Å². The van der Waals surface area contributed by atoms with E-state index in [2.05, 4.69) is 0 Å². The maximum atomic E-state index is 12.2. The van der Waals surface area contributed by atoms with E-state index in [-0.39, 0.29) is 5.56 Å². The van der Waals surface area contributed by atoms with Crippen LogP contribution in [-0.2, 0) is 6.18 Å². The minimum atomic E-state index is -4.68. The van der Waals surface area contributed by atoms with E-state index in [0.29, 0.717) is 12.1 Å². The first-order valence-corrected chi connectivity index (χ1v) is 3.68. The number of carboxylic acid groups (broad SMARTS) is 1. The Labute approximate surface area is 82.4 Å². The van der Waals surface area contributed by atoms with Gasteiger partial charge in [-0.15, -0.1) is 0 Å². The molecule has 0 aromatic heterocycles. The van der Waals surface area contributed by atoms with Crippen molar-refractivity contribution in [3.63, 3.8) is 0 Å². The van der Waals surface area contributed by atoms with Crippen molar-refractivity contribution in [3.8, 4) is 6.07 Å². The molecule has 0 atom stereocenters. The third kappa shape index (κ3) is 2.47. The van der Waals surface area contributed by atoms with Gasteiger partial charge >= 0.3 is 6.18 Å². The van der Waals surface area contributed by atoms with E-state index in [0.717, 1.165) is 6.07 Å². The molecule has 3 nitrogen and oxygen atoms in total. The minimum Gasteiger partial charge on any atom is -0.545 e. The standard InChI is InChI=1S/C9H4F3NO2/c10-9(11,12)7-2-5(4-13)1-6(3-7)8(14)15/h1-3H,(H,14,15)/p-1. The Balaban J connectivity index is 3.38. The molecule has 78 valence electrons. The number of benzene rings is 1. The summed E-state index contributed by atoms with van der Waals surface area (Å²) in [6.07, 6.45) is -4.68. The van der Waals surface area contributed by atoms with Gasteiger partial charge in [-0.25, -0.2) is 0 Å². The summed E-state index contributed by atoms with van der Waals surface area (Å²) >= 11 is 0. The molecule has 0 heterocycles. The van der Waals surface area contributed by atoms with Gasteiger partial charge in [0.05, 0.1) is 23.2 Å². The summed E-state index contributed by atoms with van der Waals surface area (Å²) in [4.78, 5) is 10.4. The molecular weight excluding hydrogens is 211 g/mol. The van der Waals surface area contributed by atoms with Crippen molar-refractivity contribution < 1.29 is 23.1 Å². The number of rotatable bonds is 1. The molecule has 1 aromatic carbocycles. The van der Waals surface area contributed by atoms with Gasteiger partial charge in [-0.2, -0.15) is 18.4 Å². The highest BCUT2D eigenvalue weighted by molar-refractivity contribution is 5.86. The third-order valence-electron chi connectivity index (χ3n) is 1.63. The van der Waals surface area contributed by atoms with Crippen molar-refractivity contribution in [2.75, 3.05) is 0 Å². The first-order chi connectivity index (χ1) is 6.84. The lowest BCUT2D eigenvalue weighted by Crippen LogP contribution is -2.23. The summed E-state index contributed by atoms with van der Waals surface area (Å²) < 4.78 is 36.7. The second-order valence-corrected chi connectivity index (χ2v) is 2.70. The fourth-order valence-corrected chi connectivity index (χ4v) is 0.974. The summed E-state index contributed by atoms with van der Waals surface area (Å²) in [5.74, 6) is -1.75. The molecule has 0 bridgehead atoms. The predicted octanol–water partition coefficient (Wildman–Crippen LogP) is 0.941. The average Bonchev–Trinajstić information content (AvgIpc) is 2.15. The Morgan fingerprint density at radius 1 is 1.33 bits per heavy atom. The second kappa shape index (κ2) is 3.61. The molecule has 0 saturated carbocycles. The Morgan fingerprint density at radius 3 is 2.33 bits per heavy atom. The van der Waals surface area contributed by atoms with Gasteiger partial charge in [0.25, 0.3) is 0 Å². The molecule has 1 aromatic rings. The maximum absolute atomic E-state index is 12.2. The van der Waals surface area contributed by atoms with E-state index in [1.807, 2.05) is 0 Å². The molecule has 0 aliphatic carbocycles. The van der Waals surface area contributed by atoms with Gasteiger partial charge < -0.3 is 9.90 Å². The molecule has 15 heavy (non-hydrogen) atoms. The number of carboxylic acids is 1. The van der Waals surface area contributed by atoms with Crippen LogP contribution >= 0.6 is 0 Å². The summed E-state index contributed by atoms with van der Waals surface area (Å²) in [5.41, 5.74) is -2.22. The number of alkyl halides is 3. The Hall–Kier alpha value is -2.03. The van der Waals surface area contributed by atoms with Crippen LogP contribution < -0.4 is 5.11 Å². The Bertz CT molecular complexity index is 446. The van der Waals surface area contributed by atoms with Crippen LogP contribution in [0.1, 0.15) is 21.5 Å². The topological polar surface area (TPSA) is 63.9 Å². The zero-order valence-corrected chi connectivity index (χ0v) is 7.13. The van der Waals surface area contributed by atoms with Gasteiger partial charge in [0, 0.05) is 0 Å². The van der Waals surface area contributed by atoms with Crippen LogP contribution in [0.25, 0.3) is 0 Å². The van der Waals surface area contributed by atoms with Crippen molar-refractivity contribution in [1.82, 2.24) is 0 Å². The number of halogens is 3. The fourth-order valence-electron chi connectivity index (χ4n) is 0.974. The quantitative estimate of drug-likeness (QED) is 0.698. The number of nitrogens with zero attached hydrogens (tertiary/aromatic N) is 1. The molecule has 0 aliphatic heterocycles. The maximum Gasteiger partial charge on any atom is 0.416 e. The highest BCUT2D eigenvalue weighted by Crippen LogP contribution is 2.30. The lowest BCUT2D eigenvalue weighted by molar-refractivity contribution is -0.255. The molecule has 6 heteroatoms. The van der Waals surface area contributed by atoms with Crippen LogP contribution in [0.3, 0.4) is 0 Å². The van der Waals surface area contributed by atoms with Gasteiger partial charge in [0.2, 0.25) is 0 Å². The summed E-state index contributed by atoms with van der Waals surface area (Å²) in [5, 5.41) is 18.8. The number of carbonyl (C=O) groups excluding carboxylic acids is 1. The van der Waals surface area contributed by atoms with E-state index >= 15 is 0 Å². The van der Waals surface area contributed by atoms with Crippen molar-refractivity contribution >= 4 is 5.97 Å². The van der Waals surface area contributed by atoms with Crippen molar-refractivity contribution in [1.29, 1.82) is 5.26 Å². The normalized spacial score (nSPS) is 10.8. The van der Waals surface area contributed by atoms with Gasteiger partial charge in [0.15, 0.2) is 0 Å². The largest absolute Gasteiger partial charge is 0.545 e. The van der Waals surface area contributed by atoms with Gasteiger partial charge in [-0.1, -0.05) is 0 Å². The first-order valence-electron chi connectivity index (χ1n) is 3.68. The van der Waals surface area contributed by atoms with E-state index in [1.165, 1.54) is 6.07 Å². The zero-order chi connectivity index (χ0) is 11.6. The predicted molar refractivity (Wildman–Crippen MR) is 40.5 cm³/mol. The lowest BCUT2D eigenvalue weighted by Gasteiger charge is -2.09. The number of aromatic carboxylic acids is 1. The van der Waals surface area contributed by atoms with Crippen molar-refractivity contribution in [2.24, 2.45) is 0 Å². The van der Waals surface area contributed by atoms with Gasteiger partial charge in [-0.3, -0.25) is 0 Å². The molecule has 0 fully saturated rings. The number of carbonyl (C=O) groups is 1. The van der Waals surface area contributed by atoms with Crippen molar-refractivity contribution in [2.45, 2.75) is 6.18 Å². The molecule has 0 unspecified atom stereocenters. The number of hydrogen-bond acceptors (Lipinski definition) is 3. The van der Waals surface area contributed by atoms with Crippen molar-refractivity contribution in [3.05, 3.63) is 34.9 Å². The second-order valence-electron chi connectivity index (χ2n) is 2.70. The van der Waals surface area contributed by atoms with E-state index in [4.69, 9.17) is 5.26 Å². The van der Waals surface area contributed by atoms with Crippen LogP contribution in [0.4, 0.5) is 13.2 Å². The van der Waals surface area contributed by atoms with Crippen LogP contribution in [0.2, 0.25) is 0 Å². The molecule has 0 amide bonds. The van der Waals surface area contributed by atoms with Crippen LogP contribution in [0.5, 0.6) is 0 Å². The average molecular weight is 214 g/mol. The van der Waals surface area contributed by atoms with Crippen LogP contribution in [-0.4, -0.2) is 5.97 Å². The third-order valence-corrected chi connectivity index (χ3v) is 1.63. The summed E-state index contributed by atoms with van der Waals surface area (Å²) in [6, 6.07) is 3.27. The van der Waals surface area contributed by atoms with Gasteiger partial charge in [0.1, 0.15) is 0 Å². The van der Waals surface area contributed by atoms with E-state index in [9.17, 15) is 23.1 Å². The molecule has 0 saturated heterocycles. The van der Waals surface area contributed by atoms with Crippen LogP contribution in [0.15, 0.2) is 18.2 Å². The summed E-state index contributed by atoms with van der Waals surface area (Å²) in [7, 11) is 0. The highest BCUT2D eigenvalue weighted by atomic mass is 19.4. The van der Waals surface area contributed by atoms with Crippen LogP contribution in [0, 0.1) is 11.3 Å². The Morgan fingerprint density at radius 2 is 1.93 bits per heavy atom.